The molecule has 5 aromatic carbocycles. The van der Waals surface area contributed by atoms with Gasteiger partial charge in [0.1, 0.15) is 5.52 Å². The summed E-state index contributed by atoms with van der Waals surface area (Å²) >= 11 is 0. The average Bonchev–Trinajstić information content (AvgIpc) is 3.67. The molecule has 0 saturated heterocycles. The first-order chi connectivity index (χ1) is 26.0. The molecule has 1 atom stereocenters. The lowest BCUT2D eigenvalue weighted by Gasteiger charge is -2.31. The third-order valence-corrected chi connectivity index (χ3v) is 11.9. The van der Waals surface area contributed by atoms with E-state index in [-0.39, 0.29) is 5.41 Å². The molecule has 0 amide bonds. The van der Waals surface area contributed by atoms with E-state index in [4.69, 9.17) is 0 Å². The predicted octanol–water partition coefficient (Wildman–Crippen LogP) is 13.0. The molecular formula is C51H42N2. The van der Waals surface area contributed by atoms with Crippen LogP contribution in [-0.2, 0) is 11.8 Å². The Morgan fingerprint density at radius 3 is 2.32 bits per heavy atom. The second-order valence-electron chi connectivity index (χ2n) is 15.3. The van der Waals surface area contributed by atoms with Gasteiger partial charge in [0.25, 0.3) is 0 Å². The largest absolute Gasteiger partial charge is 0.311 e. The van der Waals surface area contributed by atoms with Crippen LogP contribution in [0.25, 0.3) is 39.4 Å². The second kappa shape index (κ2) is 12.6. The predicted molar refractivity (Wildman–Crippen MR) is 222 cm³/mol. The maximum Gasteiger partial charge on any atom is 0.105 e. The summed E-state index contributed by atoms with van der Waals surface area (Å²) in [7, 11) is 0. The SMILES string of the molecule is CC1(C)c2cc(N(C3=CCC(c4ccccc4)C=C3)c3ccc(C4=CCCC=C4)cc3)ccc2-c2ccc(-n3c4c(c5ccc#cc53)C=CCC4)cc21. The van der Waals surface area contributed by atoms with Gasteiger partial charge in [0, 0.05) is 50.7 Å². The average molecular weight is 683 g/mol. The first-order valence-electron chi connectivity index (χ1n) is 19.2. The molecule has 0 bridgehead atoms. The van der Waals surface area contributed by atoms with Crippen molar-refractivity contribution < 1.29 is 0 Å². The smallest absolute Gasteiger partial charge is 0.105 e. The quantitative estimate of drug-likeness (QED) is 0.170. The zero-order chi connectivity index (χ0) is 35.5. The molecule has 1 unspecified atom stereocenters. The summed E-state index contributed by atoms with van der Waals surface area (Å²) in [6.07, 6.45) is 23.9. The molecule has 1 aromatic heterocycles. The molecule has 256 valence electrons. The molecule has 0 saturated carbocycles. The zero-order valence-electron chi connectivity index (χ0n) is 30.4. The van der Waals surface area contributed by atoms with E-state index in [1.54, 1.807) is 0 Å². The zero-order valence-corrected chi connectivity index (χ0v) is 30.4. The number of benzene rings is 4. The monoisotopic (exact) mass is 682 g/mol. The van der Waals surface area contributed by atoms with Crippen LogP contribution in [-0.4, -0.2) is 4.57 Å². The number of nitrogens with zero attached hydrogens (tertiary/aromatic N) is 2. The summed E-state index contributed by atoms with van der Waals surface area (Å²) in [6.45, 7) is 4.79. The van der Waals surface area contributed by atoms with Gasteiger partial charge in [-0.2, -0.15) is 0 Å². The number of fused-ring (bicyclic) bond motifs is 6. The van der Waals surface area contributed by atoms with Crippen molar-refractivity contribution in [3.05, 3.63) is 197 Å². The Morgan fingerprint density at radius 1 is 0.736 bits per heavy atom. The highest BCUT2D eigenvalue weighted by Crippen LogP contribution is 2.51. The van der Waals surface area contributed by atoms with E-state index in [2.05, 4.69) is 181 Å². The molecule has 0 spiro atoms. The molecule has 1 heterocycles. The molecule has 2 nitrogen and oxygen atoms in total. The fourth-order valence-electron chi connectivity index (χ4n) is 9.12. The standard InChI is InChI=1S/C51H42N2/c1-51(2)47-33-41(29-31-43(47)44-32-30-42(34-48(44)51)53-49-19-11-9-17-45(49)46-18-10-12-20-50(46)53)52(39-25-21-37(22-26-39)35-13-5-3-6-14-35)40-27-23-38(24-28-40)36-15-7-4-8-16-36/h3,5-7,9-10,13-18,21,23-34,37H,4,8,11,19,22H2,1-2H3. The van der Waals surface area contributed by atoms with E-state index in [0.717, 1.165) is 37.6 Å². The topological polar surface area (TPSA) is 8.17 Å². The summed E-state index contributed by atoms with van der Waals surface area (Å²) in [6, 6.07) is 45.1. The summed E-state index contributed by atoms with van der Waals surface area (Å²) < 4.78 is 2.44. The highest BCUT2D eigenvalue weighted by molar-refractivity contribution is 5.93. The number of allylic oxidation sites excluding steroid dienone is 8. The van der Waals surface area contributed by atoms with Crippen LogP contribution in [0.2, 0.25) is 0 Å². The van der Waals surface area contributed by atoms with Crippen molar-refractivity contribution in [3.63, 3.8) is 0 Å². The van der Waals surface area contributed by atoms with Crippen LogP contribution in [0.15, 0.2) is 151 Å². The van der Waals surface area contributed by atoms with Crippen molar-refractivity contribution in [2.45, 2.75) is 57.3 Å². The van der Waals surface area contributed by atoms with Crippen molar-refractivity contribution >= 4 is 33.9 Å². The summed E-state index contributed by atoms with van der Waals surface area (Å²) in [5.74, 6) is 0.381. The van der Waals surface area contributed by atoms with Crippen LogP contribution in [0.5, 0.6) is 0 Å². The first kappa shape index (κ1) is 31.7. The minimum Gasteiger partial charge on any atom is -0.311 e. The highest BCUT2D eigenvalue weighted by atomic mass is 15.1. The summed E-state index contributed by atoms with van der Waals surface area (Å²) in [4.78, 5) is 2.45. The Morgan fingerprint density at radius 2 is 1.53 bits per heavy atom. The molecule has 2 heteroatoms. The van der Waals surface area contributed by atoms with Gasteiger partial charge in [-0.15, -0.1) is 0 Å². The molecule has 0 N–H and O–H groups in total. The third kappa shape index (κ3) is 5.26. The lowest BCUT2D eigenvalue weighted by Crippen LogP contribution is -2.19. The van der Waals surface area contributed by atoms with Crippen LogP contribution in [0, 0.1) is 12.1 Å². The molecule has 10 rings (SSSR count). The van der Waals surface area contributed by atoms with Gasteiger partial charge in [0.2, 0.25) is 0 Å². The molecule has 0 radical (unpaired) electrons. The Labute approximate surface area is 313 Å². The van der Waals surface area contributed by atoms with Gasteiger partial charge < -0.3 is 9.47 Å². The van der Waals surface area contributed by atoms with Gasteiger partial charge in [0.05, 0.1) is 0 Å². The van der Waals surface area contributed by atoms with E-state index in [1.807, 2.05) is 6.07 Å². The van der Waals surface area contributed by atoms with Crippen LogP contribution in [0.3, 0.4) is 0 Å². The van der Waals surface area contributed by atoms with Crippen LogP contribution < -0.4 is 4.90 Å². The van der Waals surface area contributed by atoms with Crippen LogP contribution >= 0.6 is 0 Å². The highest BCUT2D eigenvalue weighted by Gasteiger charge is 2.37. The van der Waals surface area contributed by atoms with Crippen molar-refractivity contribution in [3.8, 4) is 16.8 Å². The number of aromatic nitrogens is 1. The Kier molecular flexibility index (Phi) is 7.51. The van der Waals surface area contributed by atoms with Crippen molar-refractivity contribution in [1.29, 1.82) is 0 Å². The maximum absolute atomic E-state index is 3.46. The first-order valence-corrected chi connectivity index (χ1v) is 19.2. The van der Waals surface area contributed by atoms with Crippen molar-refractivity contribution in [2.75, 3.05) is 4.90 Å². The van der Waals surface area contributed by atoms with Gasteiger partial charge in [-0.05, 0) is 132 Å². The van der Waals surface area contributed by atoms with E-state index >= 15 is 0 Å². The third-order valence-electron chi connectivity index (χ3n) is 11.9. The number of rotatable bonds is 6. The number of hydrogen-bond acceptors (Lipinski definition) is 1. The van der Waals surface area contributed by atoms with Gasteiger partial charge in [-0.1, -0.05) is 117 Å². The number of hydrogen-bond donors (Lipinski definition) is 0. The maximum atomic E-state index is 3.46. The Balaban J connectivity index is 1.05. The minimum atomic E-state index is -0.181. The number of anilines is 2. The van der Waals surface area contributed by atoms with Crippen molar-refractivity contribution in [1.82, 2.24) is 4.57 Å². The molecule has 4 aliphatic rings. The minimum absolute atomic E-state index is 0.181. The fourth-order valence-corrected chi connectivity index (χ4v) is 9.12. The van der Waals surface area contributed by atoms with Gasteiger partial charge in [0.15, 0.2) is 0 Å². The molecule has 4 aliphatic carbocycles. The summed E-state index contributed by atoms with van der Waals surface area (Å²) in [5, 5.41) is 1.25. The fraction of sp³-hybridized carbons (Fsp3) is 0.176. The lowest BCUT2D eigenvalue weighted by atomic mass is 9.82. The van der Waals surface area contributed by atoms with Gasteiger partial charge in [-0.3, -0.25) is 0 Å². The van der Waals surface area contributed by atoms with Crippen LogP contribution in [0.4, 0.5) is 11.4 Å². The molecule has 53 heavy (non-hydrogen) atoms. The van der Waals surface area contributed by atoms with Crippen molar-refractivity contribution in [2.24, 2.45) is 0 Å². The molecule has 6 aromatic rings. The summed E-state index contributed by atoms with van der Waals surface area (Å²) in [5.41, 5.74) is 17.7. The molecular weight excluding hydrogens is 641 g/mol. The Hall–Kier alpha value is -6.04. The lowest BCUT2D eigenvalue weighted by molar-refractivity contribution is 0.659. The van der Waals surface area contributed by atoms with E-state index in [9.17, 15) is 0 Å². The van der Waals surface area contributed by atoms with Gasteiger partial charge in [-0.25, -0.2) is 0 Å². The van der Waals surface area contributed by atoms with E-state index in [0.29, 0.717) is 5.92 Å². The molecule has 0 fully saturated rings. The van der Waals surface area contributed by atoms with Crippen LogP contribution in [0.1, 0.15) is 79.0 Å². The molecule has 0 aliphatic heterocycles. The van der Waals surface area contributed by atoms with Gasteiger partial charge >= 0.3 is 0 Å². The Bertz CT molecular complexity index is 2550. The van der Waals surface area contributed by atoms with E-state index < -0.39 is 0 Å². The van der Waals surface area contributed by atoms with E-state index in [1.165, 1.54) is 78.4 Å². The normalized spacial score (nSPS) is 17.8. The second-order valence-corrected chi connectivity index (χ2v) is 15.3.